The number of amides is 1. The third-order valence-electron chi connectivity index (χ3n) is 3.65. The highest BCUT2D eigenvalue weighted by Gasteiger charge is 2.07. The normalized spacial score (nSPS) is 10.4. The van der Waals surface area contributed by atoms with Crippen LogP contribution in [0.3, 0.4) is 0 Å². The molecular formula is C19H18N2O2. The van der Waals surface area contributed by atoms with Crippen LogP contribution in [0, 0.1) is 0 Å². The molecule has 0 fully saturated rings. The number of rotatable bonds is 5. The van der Waals surface area contributed by atoms with Crippen LogP contribution >= 0.6 is 0 Å². The van der Waals surface area contributed by atoms with Gasteiger partial charge in [0.05, 0.1) is 6.42 Å². The molecule has 0 spiro atoms. The van der Waals surface area contributed by atoms with Gasteiger partial charge in [0, 0.05) is 24.6 Å². The fourth-order valence-corrected chi connectivity index (χ4v) is 2.46. The van der Waals surface area contributed by atoms with E-state index < -0.39 is 0 Å². The largest absolute Gasteiger partial charge is 0.508 e. The molecule has 0 radical (unpaired) electrons. The lowest BCUT2D eigenvalue weighted by molar-refractivity contribution is -0.120. The molecule has 0 aliphatic carbocycles. The Morgan fingerprint density at radius 2 is 1.65 bits per heavy atom. The quantitative estimate of drug-likeness (QED) is 0.761. The molecule has 0 saturated carbocycles. The van der Waals surface area contributed by atoms with Gasteiger partial charge in [-0.2, -0.15) is 0 Å². The van der Waals surface area contributed by atoms with Crippen LogP contribution in [0.4, 0.5) is 0 Å². The third kappa shape index (κ3) is 3.80. The monoisotopic (exact) mass is 306 g/mol. The van der Waals surface area contributed by atoms with Crippen molar-refractivity contribution in [2.75, 3.05) is 0 Å². The highest BCUT2D eigenvalue weighted by Crippen LogP contribution is 2.15. The Labute approximate surface area is 135 Å². The highest BCUT2D eigenvalue weighted by atomic mass is 16.3. The van der Waals surface area contributed by atoms with Crippen molar-refractivity contribution in [1.82, 2.24) is 9.88 Å². The Balaban J connectivity index is 1.64. The molecule has 4 heteroatoms. The van der Waals surface area contributed by atoms with Gasteiger partial charge in [0.1, 0.15) is 5.75 Å². The van der Waals surface area contributed by atoms with Crippen LogP contribution < -0.4 is 5.32 Å². The van der Waals surface area contributed by atoms with E-state index in [1.165, 1.54) is 0 Å². The smallest absolute Gasteiger partial charge is 0.224 e. The van der Waals surface area contributed by atoms with Gasteiger partial charge in [-0.3, -0.25) is 4.79 Å². The molecule has 2 aromatic carbocycles. The van der Waals surface area contributed by atoms with Crippen LogP contribution in [0.5, 0.6) is 5.75 Å². The van der Waals surface area contributed by atoms with E-state index in [-0.39, 0.29) is 11.7 Å². The number of hydrogen-bond donors (Lipinski definition) is 2. The van der Waals surface area contributed by atoms with E-state index >= 15 is 0 Å². The summed E-state index contributed by atoms with van der Waals surface area (Å²) in [6.07, 6.45) is 4.26. The van der Waals surface area contributed by atoms with Crippen molar-refractivity contribution in [1.29, 1.82) is 0 Å². The number of nitrogens with one attached hydrogen (secondary N) is 1. The van der Waals surface area contributed by atoms with Gasteiger partial charge in [-0.1, -0.05) is 30.3 Å². The first kappa shape index (κ1) is 14.9. The maximum absolute atomic E-state index is 12.1. The molecule has 0 unspecified atom stereocenters. The minimum atomic E-state index is -0.0435. The van der Waals surface area contributed by atoms with Crippen LogP contribution in [-0.2, 0) is 17.8 Å². The molecule has 0 aliphatic heterocycles. The standard InChI is InChI=1S/C19H18N2O2/c22-17-9-7-15(8-10-17)13-19(23)20-14-16-5-1-2-6-18(16)21-11-3-4-12-21/h1-12,22H,13-14H2,(H,20,23). The number of benzene rings is 2. The number of aromatic nitrogens is 1. The highest BCUT2D eigenvalue weighted by molar-refractivity contribution is 5.78. The number of aromatic hydroxyl groups is 1. The summed E-state index contributed by atoms with van der Waals surface area (Å²) >= 11 is 0. The molecule has 3 aromatic rings. The summed E-state index contributed by atoms with van der Waals surface area (Å²) in [5.41, 5.74) is 2.99. The molecule has 1 aromatic heterocycles. The van der Waals surface area contributed by atoms with E-state index in [2.05, 4.69) is 5.32 Å². The van der Waals surface area contributed by atoms with Crippen LogP contribution in [0.2, 0.25) is 0 Å². The lowest BCUT2D eigenvalue weighted by atomic mass is 10.1. The van der Waals surface area contributed by atoms with Crippen molar-refractivity contribution in [2.24, 2.45) is 0 Å². The maximum atomic E-state index is 12.1. The van der Waals surface area contributed by atoms with Gasteiger partial charge in [-0.15, -0.1) is 0 Å². The molecular weight excluding hydrogens is 288 g/mol. The number of phenols is 1. The fraction of sp³-hybridized carbons (Fsp3) is 0.105. The number of nitrogens with zero attached hydrogens (tertiary/aromatic N) is 1. The van der Waals surface area contributed by atoms with Crippen molar-refractivity contribution in [3.8, 4) is 11.4 Å². The molecule has 0 bridgehead atoms. The van der Waals surface area contributed by atoms with Crippen molar-refractivity contribution >= 4 is 5.91 Å². The predicted octanol–water partition coefficient (Wildman–Crippen LogP) is 3.04. The molecule has 23 heavy (non-hydrogen) atoms. The minimum absolute atomic E-state index is 0.0435. The van der Waals surface area contributed by atoms with Gasteiger partial charge in [0.2, 0.25) is 5.91 Å². The van der Waals surface area contributed by atoms with Gasteiger partial charge >= 0.3 is 0 Å². The molecule has 1 heterocycles. The van der Waals surface area contributed by atoms with Gasteiger partial charge < -0.3 is 15.0 Å². The molecule has 0 atom stereocenters. The SMILES string of the molecule is O=C(Cc1ccc(O)cc1)NCc1ccccc1-n1cccc1. The molecule has 0 aliphatic rings. The Hall–Kier alpha value is -3.01. The van der Waals surface area contributed by atoms with Crippen LogP contribution in [0.15, 0.2) is 73.1 Å². The van der Waals surface area contributed by atoms with Gasteiger partial charge in [-0.25, -0.2) is 0 Å². The lowest BCUT2D eigenvalue weighted by Crippen LogP contribution is -2.25. The number of hydrogen-bond acceptors (Lipinski definition) is 2. The number of para-hydroxylation sites is 1. The van der Waals surface area contributed by atoms with Crippen LogP contribution in [-0.4, -0.2) is 15.6 Å². The predicted molar refractivity (Wildman–Crippen MR) is 89.4 cm³/mol. The van der Waals surface area contributed by atoms with Gasteiger partial charge in [-0.05, 0) is 41.5 Å². The molecule has 3 rings (SSSR count). The van der Waals surface area contributed by atoms with E-state index in [9.17, 15) is 9.90 Å². The first-order valence-corrected chi connectivity index (χ1v) is 7.48. The Morgan fingerprint density at radius 1 is 0.957 bits per heavy atom. The van der Waals surface area contributed by atoms with E-state index in [0.29, 0.717) is 13.0 Å². The van der Waals surface area contributed by atoms with Crippen LogP contribution in [0.1, 0.15) is 11.1 Å². The zero-order valence-corrected chi connectivity index (χ0v) is 12.6. The van der Waals surface area contributed by atoms with E-state index in [1.54, 1.807) is 24.3 Å². The molecule has 2 N–H and O–H groups in total. The first-order chi connectivity index (χ1) is 11.2. The Kier molecular flexibility index (Phi) is 4.43. The average Bonchev–Trinajstić information content (AvgIpc) is 3.10. The topological polar surface area (TPSA) is 54.3 Å². The molecule has 0 saturated heterocycles. The number of carbonyl (C=O) groups excluding carboxylic acids is 1. The fourth-order valence-electron chi connectivity index (χ4n) is 2.46. The summed E-state index contributed by atoms with van der Waals surface area (Å²) in [7, 11) is 0. The van der Waals surface area contributed by atoms with Gasteiger partial charge in [0.25, 0.3) is 0 Å². The summed E-state index contributed by atoms with van der Waals surface area (Å²) in [4.78, 5) is 12.1. The summed E-state index contributed by atoms with van der Waals surface area (Å²) < 4.78 is 2.03. The summed E-state index contributed by atoms with van der Waals surface area (Å²) in [6, 6.07) is 18.6. The van der Waals surface area contributed by atoms with Crippen LogP contribution in [0.25, 0.3) is 5.69 Å². The maximum Gasteiger partial charge on any atom is 0.224 e. The van der Waals surface area contributed by atoms with Crippen molar-refractivity contribution in [3.05, 3.63) is 84.2 Å². The summed E-state index contributed by atoms with van der Waals surface area (Å²) in [5, 5.41) is 12.2. The second kappa shape index (κ2) is 6.83. The van der Waals surface area contributed by atoms with Crippen molar-refractivity contribution in [2.45, 2.75) is 13.0 Å². The summed E-state index contributed by atoms with van der Waals surface area (Å²) in [5.74, 6) is 0.160. The van der Waals surface area contributed by atoms with E-state index in [0.717, 1.165) is 16.8 Å². The zero-order chi connectivity index (χ0) is 16.1. The molecule has 4 nitrogen and oxygen atoms in total. The van der Waals surface area contributed by atoms with Gasteiger partial charge in [0.15, 0.2) is 0 Å². The minimum Gasteiger partial charge on any atom is -0.508 e. The van der Waals surface area contributed by atoms with Crippen molar-refractivity contribution < 1.29 is 9.90 Å². The molecule has 1 amide bonds. The second-order valence-corrected chi connectivity index (χ2v) is 5.34. The van der Waals surface area contributed by atoms with Crippen molar-refractivity contribution in [3.63, 3.8) is 0 Å². The zero-order valence-electron chi connectivity index (χ0n) is 12.6. The number of phenolic OH excluding ortho intramolecular Hbond substituents is 1. The number of carbonyl (C=O) groups is 1. The van der Waals surface area contributed by atoms with E-state index in [4.69, 9.17) is 0 Å². The molecule has 116 valence electrons. The summed E-state index contributed by atoms with van der Waals surface area (Å²) in [6.45, 7) is 0.477. The lowest BCUT2D eigenvalue weighted by Gasteiger charge is -2.11. The second-order valence-electron chi connectivity index (χ2n) is 5.34. The third-order valence-corrected chi connectivity index (χ3v) is 3.65. The Bertz CT molecular complexity index is 777. The average molecular weight is 306 g/mol. The first-order valence-electron chi connectivity index (χ1n) is 7.48. The Morgan fingerprint density at radius 3 is 2.39 bits per heavy atom. The van der Waals surface area contributed by atoms with E-state index in [1.807, 2.05) is 53.4 Å².